The van der Waals surface area contributed by atoms with Gasteiger partial charge in [0.2, 0.25) is 0 Å². The Morgan fingerprint density at radius 2 is 1.96 bits per heavy atom. The van der Waals surface area contributed by atoms with E-state index in [1.54, 1.807) is 24.3 Å². The lowest BCUT2D eigenvalue weighted by molar-refractivity contribution is 0.420. The van der Waals surface area contributed by atoms with Gasteiger partial charge in [0.15, 0.2) is 9.84 Å². The molecule has 0 unspecified atom stereocenters. The van der Waals surface area contributed by atoms with E-state index in [-0.39, 0.29) is 5.75 Å². The number of sulfone groups is 1. The summed E-state index contributed by atoms with van der Waals surface area (Å²) in [7, 11) is -3.27. The maximum atomic E-state index is 12.5. The molecule has 1 aliphatic heterocycles. The van der Waals surface area contributed by atoms with E-state index in [4.69, 9.17) is 11.8 Å². The van der Waals surface area contributed by atoms with Gasteiger partial charge in [-0.3, -0.25) is 0 Å². The molecule has 0 saturated carbocycles. The summed E-state index contributed by atoms with van der Waals surface area (Å²) in [5.74, 6) is 0.111. The van der Waals surface area contributed by atoms with Crippen molar-refractivity contribution in [1.82, 2.24) is 9.40 Å². The molecule has 142 valence electrons. The molecule has 27 heavy (non-hydrogen) atoms. The number of H-pyrrole nitrogens is 1. The molecule has 1 fully saturated rings. The summed E-state index contributed by atoms with van der Waals surface area (Å²) in [4.78, 5) is 3.71. The van der Waals surface area contributed by atoms with E-state index in [0.717, 1.165) is 36.9 Å². The molecule has 1 atom stereocenters. The molecule has 2 heterocycles. The molecule has 1 aromatic heterocycles. The minimum absolute atomic E-state index is 0.111. The standard InChI is InChI=1S/C21H23ClN2O2S/c22-24-11-4-5-18(24)14-17-15-23-21-9-8-16(13-20(17)21)10-12-27(25,26)19-6-2-1-3-7-19/h1-3,6-9,13,15,18,23H,4-5,10-12,14H2/t18-/m1/s1. The fraction of sp³-hybridized carbons (Fsp3) is 0.333. The molecule has 0 radical (unpaired) electrons. The summed E-state index contributed by atoms with van der Waals surface area (Å²) >= 11 is 6.29. The summed E-state index contributed by atoms with van der Waals surface area (Å²) in [6.45, 7) is 0.942. The highest BCUT2D eigenvalue weighted by molar-refractivity contribution is 7.91. The number of halogens is 1. The van der Waals surface area contributed by atoms with Crippen LogP contribution in [0.4, 0.5) is 0 Å². The summed E-state index contributed by atoms with van der Waals surface area (Å²) in [6.07, 6.45) is 5.72. The Morgan fingerprint density at radius 3 is 2.70 bits per heavy atom. The van der Waals surface area contributed by atoms with E-state index in [0.29, 0.717) is 17.4 Å². The van der Waals surface area contributed by atoms with Crippen molar-refractivity contribution in [3.05, 3.63) is 65.9 Å². The van der Waals surface area contributed by atoms with Gasteiger partial charge >= 0.3 is 0 Å². The Bertz CT molecular complexity index is 1030. The summed E-state index contributed by atoms with van der Waals surface area (Å²) in [6, 6.07) is 15.2. The average Bonchev–Trinajstić information content (AvgIpc) is 3.27. The fourth-order valence-electron chi connectivity index (χ4n) is 3.80. The number of hydrogen-bond donors (Lipinski definition) is 1. The molecule has 0 aliphatic carbocycles. The van der Waals surface area contributed by atoms with Crippen LogP contribution in [0, 0.1) is 0 Å². The van der Waals surface area contributed by atoms with Crippen LogP contribution in [0.1, 0.15) is 24.0 Å². The van der Waals surface area contributed by atoms with Gasteiger partial charge in [-0.2, -0.15) is 0 Å². The van der Waals surface area contributed by atoms with Crippen LogP contribution in [-0.2, 0) is 22.7 Å². The van der Waals surface area contributed by atoms with E-state index in [1.807, 2.05) is 22.6 Å². The van der Waals surface area contributed by atoms with Crippen LogP contribution in [0.15, 0.2) is 59.6 Å². The van der Waals surface area contributed by atoms with Crippen LogP contribution in [0.25, 0.3) is 10.9 Å². The molecule has 0 bridgehead atoms. The molecule has 4 rings (SSSR count). The highest BCUT2D eigenvalue weighted by atomic mass is 35.5. The maximum absolute atomic E-state index is 12.5. The van der Waals surface area contributed by atoms with E-state index in [9.17, 15) is 8.42 Å². The molecular formula is C21H23ClN2O2S. The lowest BCUT2D eigenvalue weighted by Crippen LogP contribution is -2.21. The highest BCUT2D eigenvalue weighted by Gasteiger charge is 2.24. The fourth-order valence-corrected chi connectivity index (χ4v) is 5.40. The Labute approximate surface area is 165 Å². The highest BCUT2D eigenvalue weighted by Crippen LogP contribution is 2.27. The molecule has 1 aliphatic rings. The quantitative estimate of drug-likeness (QED) is 0.624. The van der Waals surface area contributed by atoms with E-state index < -0.39 is 9.84 Å². The first-order chi connectivity index (χ1) is 13.0. The van der Waals surface area contributed by atoms with Gasteiger partial charge in [-0.15, -0.1) is 0 Å². The third kappa shape index (κ3) is 4.05. The molecule has 2 aromatic carbocycles. The monoisotopic (exact) mass is 402 g/mol. The Morgan fingerprint density at radius 1 is 1.15 bits per heavy atom. The van der Waals surface area contributed by atoms with Crippen LogP contribution in [0.2, 0.25) is 0 Å². The van der Waals surface area contributed by atoms with Crippen molar-refractivity contribution in [2.24, 2.45) is 0 Å². The second-order valence-corrected chi connectivity index (χ2v) is 9.74. The van der Waals surface area contributed by atoms with Crippen molar-refractivity contribution in [2.75, 3.05) is 12.3 Å². The number of nitrogens with one attached hydrogen (secondary N) is 1. The first kappa shape index (κ1) is 18.5. The molecule has 4 nitrogen and oxygen atoms in total. The van der Waals surface area contributed by atoms with Crippen molar-refractivity contribution in [3.63, 3.8) is 0 Å². The van der Waals surface area contributed by atoms with Gasteiger partial charge < -0.3 is 4.98 Å². The largest absolute Gasteiger partial charge is 0.361 e. The van der Waals surface area contributed by atoms with Crippen LogP contribution in [0.5, 0.6) is 0 Å². The van der Waals surface area contributed by atoms with Crippen molar-refractivity contribution >= 4 is 32.5 Å². The Hall–Kier alpha value is -1.82. The zero-order valence-corrected chi connectivity index (χ0v) is 16.6. The molecule has 1 saturated heterocycles. The average molecular weight is 403 g/mol. The number of nitrogens with zero attached hydrogens (tertiary/aromatic N) is 1. The van der Waals surface area contributed by atoms with Gasteiger partial charge in [0, 0.05) is 29.7 Å². The molecule has 1 N–H and O–H groups in total. The van der Waals surface area contributed by atoms with E-state index in [2.05, 4.69) is 17.2 Å². The van der Waals surface area contributed by atoms with Gasteiger partial charge in [-0.05, 0) is 72.9 Å². The predicted molar refractivity (Wildman–Crippen MR) is 110 cm³/mol. The van der Waals surface area contributed by atoms with Crippen molar-refractivity contribution < 1.29 is 8.42 Å². The Balaban J connectivity index is 1.52. The zero-order chi connectivity index (χ0) is 18.9. The number of rotatable bonds is 6. The second kappa shape index (κ2) is 7.66. The topological polar surface area (TPSA) is 53.2 Å². The summed E-state index contributed by atoms with van der Waals surface area (Å²) < 4.78 is 27.0. The summed E-state index contributed by atoms with van der Waals surface area (Å²) in [5, 5.41) is 1.17. The third-order valence-corrected chi connectivity index (χ3v) is 7.53. The van der Waals surface area contributed by atoms with Crippen LogP contribution in [0.3, 0.4) is 0 Å². The lowest BCUT2D eigenvalue weighted by Gasteiger charge is -2.16. The molecular weight excluding hydrogens is 380 g/mol. The number of aromatic amines is 1. The van der Waals surface area contributed by atoms with Crippen LogP contribution < -0.4 is 0 Å². The normalized spacial score (nSPS) is 18.3. The van der Waals surface area contributed by atoms with Crippen molar-refractivity contribution in [1.29, 1.82) is 0 Å². The number of aromatic nitrogens is 1. The van der Waals surface area contributed by atoms with E-state index in [1.165, 1.54) is 10.9 Å². The number of fused-ring (bicyclic) bond motifs is 1. The van der Waals surface area contributed by atoms with E-state index >= 15 is 0 Å². The predicted octanol–water partition coefficient (Wildman–Crippen LogP) is 4.35. The van der Waals surface area contributed by atoms with Gasteiger partial charge in [-0.1, -0.05) is 24.3 Å². The molecule has 6 heteroatoms. The number of benzene rings is 2. The SMILES string of the molecule is O=S(=O)(CCc1ccc2[nH]cc(C[C@H]3CCCN3Cl)c2c1)c1ccccc1. The van der Waals surface area contributed by atoms with Crippen LogP contribution in [-0.4, -0.2) is 36.2 Å². The van der Waals surface area contributed by atoms with Crippen molar-refractivity contribution in [2.45, 2.75) is 36.6 Å². The molecule has 3 aromatic rings. The van der Waals surface area contributed by atoms with Gasteiger partial charge in [0.05, 0.1) is 10.6 Å². The Kier molecular flexibility index (Phi) is 5.26. The lowest BCUT2D eigenvalue weighted by atomic mass is 10.0. The van der Waals surface area contributed by atoms with Gasteiger partial charge in [-0.25, -0.2) is 12.8 Å². The number of hydrogen-bond acceptors (Lipinski definition) is 3. The smallest absolute Gasteiger partial charge is 0.178 e. The zero-order valence-electron chi connectivity index (χ0n) is 15.1. The minimum Gasteiger partial charge on any atom is -0.361 e. The third-order valence-electron chi connectivity index (χ3n) is 5.35. The first-order valence-electron chi connectivity index (χ1n) is 9.32. The second-order valence-electron chi connectivity index (χ2n) is 7.20. The van der Waals surface area contributed by atoms with Gasteiger partial charge in [0.25, 0.3) is 0 Å². The maximum Gasteiger partial charge on any atom is 0.178 e. The first-order valence-corrected chi connectivity index (χ1v) is 11.3. The number of aryl methyl sites for hydroxylation is 1. The summed E-state index contributed by atoms with van der Waals surface area (Å²) in [5.41, 5.74) is 3.37. The van der Waals surface area contributed by atoms with Crippen LogP contribution >= 0.6 is 11.8 Å². The van der Waals surface area contributed by atoms with Crippen molar-refractivity contribution in [3.8, 4) is 0 Å². The molecule has 0 spiro atoms. The molecule has 0 amide bonds. The van der Waals surface area contributed by atoms with Gasteiger partial charge in [0.1, 0.15) is 0 Å². The minimum atomic E-state index is -3.27.